The van der Waals surface area contributed by atoms with Crippen molar-refractivity contribution >= 4 is 85.3 Å². The molecule has 0 bridgehead atoms. The number of anilines is 1. The van der Waals surface area contributed by atoms with Crippen LogP contribution in [-0.2, 0) is 0 Å². The van der Waals surface area contributed by atoms with E-state index in [1.54, 1.807) is 30.3 Å². The molecule has 0 aliphatic carbocycles. The standard InChI is InChI=1S/C16H12BrCl3N4O3S/c17-10-4-1-3-9(7-10)13(25)22-14(16(18,19)20)23-15(28)21-11-5-2-6-12(8-11)24(26)27/h1-8,14H,(H,22,25)(H2,21,23,28)/t14-/m0/s1. The maximum atomic E-state index is 12.4. The summed E-state index contributed by atoms with van der Waals surface area (Å²) in [5.41, 5.74) is 0.578. The number of amides is 1. The molecule has 7 nitrogen and oxygen atoms in total. The van der Waals surface area contributed by atoms with Gasteiger partial charge in [0.05, 0.1) is 4.92 Å². The van der Waals surface area contributed by atoms with E-state index in [0.29, 0.717) is 15.7 Å². The number of hydrogen-bond donors (Lipinski definition) is 3. The van der Waals surface area contributed by atoms with Crippen LogP contribution in [-0.4, -0.2) is 25.9 Å². The number of nitro groups is 1. The highest BCUT2D eigenvalue weighted by Gasteiger charge is 2.35. The van der Waals surface area contributed by atoms with Crippen molar-refractivity contribution in [1.29, 1.82) is 0 Å². The van der Waals surface area contributed by atoms with Crippen molar-refractivity contribution in [3.8, 4) is 0 Å². The largest absolute Gasteiger partial charge is 0.339 e. The van der Waals surface area contributed by atoms with E-state index in [4.69, 9.17) is 47.0 Å². The predicted octanol–water partition coefficient (Wildman–Crippen LogP) is 4.77. The fraction of sp³-hybridized carbons (Fsp3) is 0.125. The Balaban J connectivity index is 2.09. The number of nitrogens with zero attached hydrogens (tertiary/aromatic N) is 1. The highest BCUT2D eigenvalue weighted by molar-refractivity contribution is 9.10. The zero-order valence-corrected chi connectivity index (χ0v) is 18.5. The van der Waals surface area contributed by atoms with E-state index in [0.717, 1.165) is 0 Å². The van der Waals surface area contributed by atoms with Crippen molar-refractivity contribution in [3.63, 3.8) is 0 Å². The quantitative estimate of drug-likeness (QED) is 0.171. The molecule has 28 heavy (non-hydrogen) atoms. The van der Waals surface area contributed by atoms with E-state index >= 15 is 0 Å². The van der Waals surface area contributed by atoms with Gasteiger partial charge in [0, 0.05) is 27.9 Å². The van der Waals surface area contributed by atoms with Gasteiger partial charge in [-0.2, -0.15) is 0 Å². The molecule has 0 aromatic heterocycles. The molecule has 2 aromatic rings. The van der Waals surface area contributed by atoms with Crippen molar-refractivity contribution in [3.05, 3.63) is 68.7 Å². The molecule has 148 valence electrons. The summed E-state index contributed by atoms with van der Waals surface area (Å²) in [5, 5.41) is 18.8. The van der Waals surface area contributed by atoms with Crippen LogP contribution in [0.2, 0.25) is 0 Å². The van der Waals surface area contributed by atoms with Gasteiger partial charge in [-0.15, -0.1) is 0 Å². The second-order valence-corrected chi connectivity index (χ2v) is 9.06. The van der Waals surface area contributed by atoms with Gasteiger partial charge in [0.25, 0.3) is 11.6 Å². The molecule has 0 fully saturated rings. The first-order valence-corrected chi connectivity index (χ1v) is 9.85. The van der Waals surface area contributed by atoms with Crippen molar-refractivity contribution < 1.29 is 9.72 Å². The molecule has 1 atom stereocenters. The van der Waals surface area contributed by atoms with Crippen molar-refractivity contribution in [2.45, 2.75) is 9.96 Å². The molecule has 0 saturated carbocycles. The van der Waals surface area contributed by atoms with E-state index in [9.17, 15) is 14.9 Å². The van der Waals surface area contributed by atoms with E-state index < -0.39 is 20.8 Å². The Kier molecular flexibility index (Phi) is 7.85. The first kappa shape index (κ1) is 22.6. The van der Waals surface area contributed by atoms with Crippen molar-refractivity contribution in [1.82, 2.24) is 10.6 Å². The SMILES string of the molecule is O=C(N[C@@H](NC(=S)Nc1cccc([N+](=O)[O-])c1)C(Cl)(Cl)Cl)c1cccc(Br)c1. The van der Waals surface area contributed by atoms with Gasteiger partial charge in [-0.3, -0.25) is 14.9 Å². The molecule has 1 amide bonds. The number of non-ortho nitro benzene ring substituents is 1. The average molecular weight is 527 g/mol. The van der Waals surface area contributed by atoms with Gasteiger partial charge in [-0.25, -0.2) is 0 Å². The second kappa shape index (κ2) is 9.71. The Morgan fingerprint density at radius 3 is 2.43 bits per heavy atom. The highest BCUT2D eigenvalue weighted by Crippen LogP contribution is 2.29. The van der Waals surface area contributed by atoms with E-state index in [2.05, 4.69) is 31.9 Å². The van der Waals surface area contributed by atoms with E-state index in [1.807, 2.05) is 0 Å². The average Bonchev–Trinajstić information content (AvgIpc) is 2.60. The Bertz CT molecular complexity index is 911. The second-order valence-electron chi connectivity index (χ2n) is 5.36. The minimum absolute atomic E-state index is 0.00800. The van der Waals surface area contributed by atoms with Crippen LogP contribution in [0.15, 0.2) is 53.0 Å². The number of benzene rings is 2. The first-order valence-electron chi connectivity index (χ1n) is 7.51. The molecule has 0 saturated heterocycles. The number of hydrogen-bond acceptors (Lipinski definition) is 4. The van der Waals surface area contributed by atoms with E-state index in [-0.39, 0.29) is 10.8 Å². The summed E-state index contributed by atoms with van der Waals surface area (Å²) in [6.45, 7) is 0. The summed E-state index contributed by atoms with van der Waals surface area (Å²) in [6.07, 6.45) is -1.18. The van der Waals surface area contributed by atoms with Gasteiger partial charge in [-0.1, -0.05) is 62.9 Å². The highest BCUT2D eigenvalue weighted by atomic mass is 79.9. The third kappa shape index (κ3) is 6.75. The van der Waals surface area contributed by atoms with Crippen LogP contribution in [0.4, 0.5) is 11.4 Å². The van der Waals surface area contributed by atoms with Crippen LogP contribution in [0, 0.1) is 10.1 Å². The topological polar surface area (TPSA) is 96.3 Å². The maximum absolute atomic E-state index is 12.4. The molecule has 2 rings (SSSR count). The smallest absolute Gasteiger partial charge is 0.271 e. The molecule has 12 heteroatoms. The number of halogens is 4. The predicted molar refractivity (Wildman–Crippen MR) is 118 cm³/mol. The van der Waals surface area contributed by atoms with Crippen molar-refractivity contribution in [2.24, 2.45) is 0 Å². The lowest BCUT2D eigenvalue weighted by Gasteiger charge is -2.27. The van der Waals surface area contributed by atoms with Crippen LogP contribution in [0.1, 0.15) is 10.4 Å². The lowest BCUT2D eigenvalue weighted by molar-refractivity contribution is -0.384. The summed E-state index contributed by atoms with van der Waals surface area (Å²) in [7, 11) is 0. The lowest BCUT2D eigenvalue weighted by Crippen LogP contribution is -2.56. The fourth-order valence-electron chi connectivity index (χ4n) is 2.04. The first-order chi connectivity index (χ1) is 13.1. The Morgan fingerprint density at radius 2 is 1.82 bits per heavy atom. The summed E-state index contributed by atoms with van der Waals surface area (Å²) in [4.78, 5) is 22.7. The molecule has 3 N–H and O–H groups in total. The van der Waals surface area contributed by atoms with E-state index in [1.165, 1.54) is 18.2 Å². The number of carbonyl (C=O) groups excluding carboxylic acids is 1. The zero-order valence-electron chi connectivity index (χ0n) is 13.8. The lowest BCUT2D eigenvalue weighted by atomic mass is 10.2. The third-order valence-corrected chi connectivity index (χ3v) is 4.65. The Labute approximate surface area is 189 Å². The minimum atomic E-state index is -1.93. The molecular formula is C16H12BrCl3N4O3S. The molecular weight excluding hydrogens is 515 g/mol. The summed E-state index contributed by atoms with van der Waals surface area (Å²) in [5.74, 6) is -0.497. The van der Waals surface area contributed by atoms with Gasteiger partial charge >= 0.3 is 0 Å². The maximum Gasteiger partial charge on any atom is 0.271 e. The summed E-state index contributed by atoms with van der Waals surface area (Å²) in [6, 6.07) is 12.3. The monoisotopic (exact) mass is 524 g/mol. The van der Waals surface area contributed by atoms with Crippen LogP contribution in [0.3, 0.4) is 0 Å². The van der Waals surface area contributed by atoms with Gasteiger partial charge in [0.15, 0.2) is 5.11 Å². The number of nitro benzene ring substituents is 1. The molecule has 0 spiro atoms. The van der Waals surface area contributed by atoms with Crippen LogP contribution < -0.4 is 16.0 Å². The molecule has 0 unspecified atom stereocenters. The molecule has 0 radical (unpaired) electrons. The van der Waals surface area contributed by atoms with Gasteiger partial charge in [-0.05, 0) is 36.5 Å². The molecule has 0 aliphatic rings. The Morgan fingerprint density at radius 1 is 1.14 bits per heavy atom. The van der Waals surface area contributed by atoms with Gasteiger partial charge in [0.1, 0.15) is 6.17 Å². The number of carbonyl (C=O) groups is 1. The van der Waals surface area contributed by atoms with Crippen LogP contribution in [0.25, 0.3) is 0 Å². The summed E-state index contributed by atoms with van der Waals surface area (Å²) < 4.78 is -1.22. The third-order valence-electron chi connectivity index (χ3n) is 3.28. The number of thiocarbonyl (C=S) groups is 1. The number of alkyl halides is 3. The Hall–Kier alpha value is -1.65. The van der Waals surface area contributed by atoms with Gasteiger partial charge in [0.2, 0.25) is 3.79 Å². The van der Waals surface area contributed by atoms with Crippen LogP contribution in [0.5, 0.6) is 0 Å². The fourth-order valence-corrected chi connectivity index (χ4v) is 3.00. The zero-order chi connectivity index (χ0) is 20.9. The summed E-state index contributed by atoms with van der Waals surface area (Å²) >= 11 is 26.3. The normalized spacial score (nSPS) is 12.0. The minimum Gasteiger partial charge on any atom is -0.339 e. The molecule has 0 heterocycles. The van der Waals surface area contributed by atoms with Crippen LogP contribution >= 0.6 is 63.0 Å². The van der Waals surface area contributed by atoms with Gasteiger partial charge < -0.3 is 16.0 Å². The number of rotatable bonds is 5. The molecule has 0 aliphatic heterocycles. The number of nitrogens with one attached hydrogen (secondary N) is 3. The van der Waals surface area contributed by atoms with Crippen molar-refractivity contribution in [2.75, 3.05) is 5.32 Å². The molecule has 2 aromatic carbocycles.